The van der Waals surface area contributed by atoms with E-state index in [1.165, 1.54) is 31.6 Å². The lowest BCUT2D eigenvalue weighted by molar-refractivity contribution is -0.192. The molecular weight excluding hydrogens is 517 g/mol. The Morgan fingerprint density at radius 1 is 1.00 bits per heavy atom. The fraction of sp³-hybridized carbons (Fsp3) is 0.444. The Hall–Kier alpha value is -3.80. The van der Waals surface area contributed by atoms with Crippen molar-refractivity contribution in [1.82, 2.24) is 19.6 Å². The summed E-state index contributed by atoms with van der Waals surface area (Å²) in [6.07, 6.45) is 2.52. The van der Waals surface area contributed by atoms with Gasteiger partial charge in [-0.2, -0.15) is 18.3 Å². The first-order valence-electron chi connectivity index (χ1n) is 12.9. The van der Waals surface area contributed by atoms with E-state index in [1.54, 1.807) is 18.4 Å². The number of carbonyl (C=O) groups excluding carboxylic acids is 1. The lowest BCUT2D eigenvalue weighted by Crippen LogP contribution is -2.49. The highest BCUT2D eigenvalue weighted by Gasteiger charge is 2.46. The van der Waals surface area contributed by atoms with Gasteiger partial charge in [-0.1, -0.05) is 12.1 Å². The first kappa shape index (κ1) is 26.8. The second kappa shape index (κ2) is 10.8. The first-order chi connectivity index (χ1) is 18.7. The zero-order valence-corrected chi connectivity index (χ0v) is 21.2. The smallest absolute Gasteiger partial charge is 0.482 e. The maximum Gasteiger partial charge on any atom is 0.490 e. The predicted molar refractivity (Wildman–Crippen MR) is 133 cm³/mol. The van der Waals surface area contributed by atoms with Crippen LogP contribution in [0.3, 0.4) is 0 Å². The number of aliphatic carboxylic acids is 1. The average Bonchev–Trinajstić information content (AvgIpc) is 3.70. The van der Waals surface area contributed by atoms with Crippen LogP contribution in [0.25, 0.3) is 11.3 Å². The molecule has 9 nitrogen and oxygen atoms in total. The molecule has 0 atom stereocenters. The van der Waals surface area contributed by atoms with Gasteiger partial charge >= 0.3 is 12.1 Å². The van der Waals surface area contributed by atoms with Crippen LogP contribution in [-0.2, 0) is 16.9 Å². The molecule has 1 amide bonds. The largest absolute Gasteiger partial charge is 0.490 e. The summed E-state index contributed by atoms with van der Waals surface area (Å²) >= 11 is 0. The van der Waals surface area contributed by atoms with Gasteiger partial charge in [0.15, 0.2) is 5.76 Å². The number of carbonyl (C=O) groups is 2. The highest BCUT2D eigenvalue weighted by Crippen LogP contribution is 2.49. The molecule has 3 aliphatic rings. The monoisotopic (exact) mass is 546 g/mol. The second-order valence-electron chi connectivity index (χ2n) is 9.84. The van der Waals surface area contributed by atoms with Crippen molar-refractivity contribution in [3.05, 3.63) is 60.2 Å². The van der Waals surface area contributed by atoms with E-state index >= 15 is 0 Å². The molecular formula is C27H29F3N4O5. The van der Waals surface area contributed by atoms with Crippen molar-refractivity contribution in [2.75, 3.05) is 32.7 Å². The van der Waals surface area contributed by atoms with Crippen LogP contribution in [-0.4, -0.2) is 75.5 Å². The first-order valence-corrected chi connectivity index (χ1v) is 12.9. The number of hydrogen-bond acceptors (Lipinski definition) is 6. The van der Waals surface area contributed by atoms with Crippen molar-refractivity contribution in [1.29, 1.82) is 0 Å². The van der Waals surface area contributed by atoms with Gasteiger partial charge in [0.05, 0.1) is 24.7 Å². The number of hydrogen-bond donors (Lipinski definition) is 1. The summed E-state index contributed by atoms with van der Waals surface area (Å²) < 4.78 is 45.9. The zero-order valence-electron chi connectivity index (χ0n) is 21.2. The number of alkyl halides is 3. The molecule has 2 saturated heterocycles. The van der Waals surface area contributed by atoms with Gasteiger partial charge in [0, 0.05) is 43.6 Å². The van der Waals surface area contributed by atoms with E-state index in [1.807, 2.05) is 17.2 Å². The molecule has 0 aliphatic carbocycles. The molecule has 1 aromatic carbocycles. The van der Waals surface area contributed by atoms with Crippen molar-refractivity contribution in [2.45, 2.75) is 44.0 Å². The molecule has 1 N–H and O–H groups in total. The third-order valence-corrected chi connectivity index (χ3v) is 7.44. The second-order valence-corrected chi connectivity index (χ2v) is 9.84. The van der Waals surface area contributed by atoms with Gasteiger partial charge in [-0.15, -0.1) is 0 Å². The van der Waals surface area contributed by atoms with Crippen LogP contribution in [0.5, 0.6) is 5.75 Å². The topological polar surface area (TPSA) is 101 Å². The quantitative estimate of drug-likeness (QED) is 0.518. The van der Waals surface area contributed by atoms with E-state index in [2.05, 4.69) is 27.8 Å². The van der Waals surface area contributed by atoms with Gasteiger partial charge in [0.1, 0.15) is 11.4 Å². The maximum absolute atomic E-state index is 12.8. The van der Waals surface area contributed by atoms with Gasteiger partial charge in [0.25, 0.3) is 5.91 Å². The number of fused-ring (bicyclic) bond motifs is 4. The average molecular weight is 547 g/mol. The molecule has 3 aliphatic heterocycles. The zero-order chi connectivity index (χ0) is 27.6. The number of benzene rings is 1. The van der Waals surface area contributed by atoms with Crippen molar-refractivity contribution >= 4 is 11.9 Å². The third kappa shape index (κ3) is 5.51. The standard InChI is InChI=1S/C25H28N4O3.C2HF3O2/c30-24(22-8-5-17-31-22)28-13-9-25(10-14-28)20-18-26-29(16-15-27-11-3-4-12-27)23(20)19-6-1-2-7-21(19)32-25;3-2(4,5)1(6)7/h1-2,5-8,17-18H,3-4,9-16H2;(H,6,7). The molecule has 0 saturated carbocycles. The number of rotatable bonds is 4. The molecule has 3 aromatic rings. The fourth-order valence-corrected chi connectivity index (χ4v) is 5.43. The number of carboxylic acids is 1. The van der Waals surface area contributed by atoms with Gasteiger partial charge in [0.2, 0.25) is 0 Å². The number of amides is 1. The lowest BCUT2D eigenvalue weighted by Gasteiger charge is -2.44. The van der Waals surface area contributed by atoms with E-state index in [9.17, 15) is 18.0 Å². The van der Waals surface area contributed by atoms with Crippen LogP contribution in [0.2, 0.25) is 0 Å². The number of likely N-dealkylation sites (tertiary alicyclic amines) is 2. The molecule has 2 aromatic heterocycles. The minimum Gasteiger partial charge on any atom is -0.482 e. The number of furan rings is 1. The molecule has 0 bridgehead atoms. The molecule has 12 heteroatoms. The van der Waals surface area contributed by atoms with E-state index < -0.39 is 17.7 Å². The highest BCUT2D eigenvalue weighted by atomic mass is 19.4. The minimum atomic E-state index is -5.08. The Morgan fingerprint density at radius 3 is 2.33 bits per heavy atom. The summed E-state index contributed by atoms with van der Waals surface area (Å²) in [5, 5.41) is 11.9. The van der Waals surface area contributed by atoms with E-state index in [4.69, 9.17) is 24.2 Å². The van der Waals surface area contributed by atoms with Crippen molar-refractivity contribution < 1.29 is 37.0 Å². The predicted octanol–water partition coefficient (Wildman–Crippen LogP) is 4.40. The summed E-state index contributed by atoms with van der Waals surface area (Å²) in [7, 11) is 0. The number of carboxylic acid groups (broad SMARTS) is 1. The van der Waals surface area contributed by atoms with Crippen LogP contribution in [0.4, 0.5) is 13.2 Å². The molecule has 2 fully saturated rings. The molecule has 1 spiro atoms. The van der Waals surface area contributed by atoms with Crippen molar-refractivity contribution in [2.24, 2.45) is 0 Å². The molecule has 5 heterocycles. The van der Waals surface area contributed by atoms with E-state index in [-0.39, 0.29) is 5.91 Å². The molecule has 0 unspecified atom stereocenters. The maximum atomic E-state index is 12.8. The third-order valence-electron chi connectivity index (χ3n) is 7.44. The summed E-state index contributed by atoms with van der Waals surface area (Å²) in [5.74, 6) is -1.50. The van der Waals surface area contributed by atoms with Crippen LogP contribution in [0.15, 0.2) is 53.3 Å². The van der Waals surface area contributed by atoms with Crippen LogP contribution >= 0.6 is 0 Å². The number of para-hydroxylation sites is 1. The molecule has 0 radical (unpaired) electrons. The summed E-state index contributed by atoms with van der Waals surface area (Å²) in [5.41, 5.74) is 3.00. The Kier molecular flexibility index (Phi) is 7.39. The molecule has 208 valence electrons. The SMILES string of the molecule is O=C(O)C(F)(F)F.O=C(c1ccco1)N1CCC2(CC1)Oc1ccccc1-c1c2cnn1CCN1CCCC1. The Labute approximate surface area is 222 Å². The normalized spacial score (nSPS) is 18.1. The van der Waals surface area contributed by atoms with Crippen molar-refractivity contribution in [3.8, 4) is 17.0 Å². The van der Waals surface area contributed by atoms with E-state index in [0.29, 0.717) is 18.8 Å². The number of nitrogens with zero attached hydrogens (tertiary/aromatic N) is 4. The summed E-state index contributed by atoms with van der Waals surface area (Å²) in [6.45, 7) is 5.53. The van der Waals surface area contributed by atoms with Crippen LogP contribution < -0.4 is 4.74 Å². The highest BCUT2D eigenvalue weighted by molar-refractivity contribution is 5.91. The van der Waals surface area contributed by atoms with Crippen LogP contribution in [0.1, 0.15) is 41.8 Å². The van der Waals surface area contributed by atoms with Gasteiger partial charge < -0.3 is 24.1 Å². The van der Waals surface area contributed by atoms with Gasteiger partial charge in [-0.3, -0.25) is 9.48 Å². The lowest BCUT2D eigenvalue weighted by atomic mass is 9.81. The number of halogens is 3. The number of piperidine rings is 1. The Bertz CT molecular complexity index is 1310. The minimum absolute atomic E-state index is 0.0532. The summed E-state index contributed by atoms with van der Waals surface area (Å²) in [6, 6.07) is 11.7. The van der Waals surface area contributed by atoms with E-state index in [0.717, 1.165) is 42.8 Å². The van der Waals surface area contributed by atoms with Crippen LogP contribution in [0, 0.1) is 0 Å². The molecule has 39 heavy (non-hydrogen) atoms. The fourth-order valence-electron chi connectivity index (χ4n) is 5.43. The number of aromatic nitrogens is 2. The van der Waals surface area contributed by atoms with Gasteiger partial charge in [-0.05, 0) is 50.2 Å². The van der Waals surface area contributed by atoms with Gasteiger partial charge in [-0.25, -0.2) is 4.79 Å². The Balaban J connectivity index is 0.000000392. The number of ether oxygens (including phenoxy) is 1. The van der Waals surface area contributed by atoms with Crippen molar-refractivity contribution in [3.63, 3.8) is 0 Å². The summed E-state index contributed by atoms with van der Waals surface area (Å²) in [4.78, 5) is 26.0. The Morgan fingerprint density at radius 2 is 1.69 bits per heavy atom. The molecule has 6 rings (SSSR count).